The third kappa shape index (κ3) is 5.00. The molecule has 194 valence electrons. The number of hydrogen-bond acceptors (Lipinski definition) is 4. The van der Waals surface area contributed by atoms with E-state index in [-0.39, 0.29) is 18.5 Å². The average molecular weight is 486 g/mol. The molecule has 7 heteroatoms. The van der Waals surface area contributed by atoms with Crippen LogP contribution < -0.4 is 0 Å². The van der Waals surface area contributed by atoms with E-state index in [0.29, 0.717) is 43.6 Å². The summed E-state index contributed by atoms with van der Waals surface area (Å²) in [6.45, 7) is 5.29. The van der Waals surface area contributed by atoms with Gasteiger partial charge in [-0.2, -0.15) is 13.2 Å². The van der Waals surface area contributed by atoms with Crippen LogP contribution in [0.1, 0.15) is 71.6 Å². The maximum atomic E-state index is 13.3. The number of aliphatic hydroxyl groups is 2. The number of methoxy groups -OCH3 is 1. The van der Waals surface area contributed by atoms with Gasteiger partial charge in [0.2, 0.25) is 0 Å². The van der Waals surface area contributed by atoms with Crippen molar-refractivity contribution in [2.24, 2.45) is 23.2 Å². The molecule has 2 N–H and O–H groups in total. The van der Waals surface area contributed by atoms with Gasteiger partial charge in [-0.15, -0.1) is 0 Å². The van der Waals surface area contributed by atoms with Crippen LogP contribution in [-0.4, -0.2) is 65.8 Å². The first-order chi connectivity index (χ1) is 16.0. The summed E-state index contributed by atoms with van der Waals surface area (Å²) in [7, 11) is 1.16. The van der Waals surface area contributed by atoms with E-state index in [9.17, 15) is 23.4 Å². The predicted molar refractivity (Wildman–Crippen MR) is 126 cm³/mol. The minimum absolute atomic E-state index is 0.0603. The van der Waals surface area contributed by atoms with Gasteiger partial charge in [0.1, 0.15) is 0 Å². The van der Waals surface area contributed by atoms with E-state index in [1.807, 2.05) is 4.90 Å². The zero-order valence-corrected chi connectivity index (χ0v) is 20.9. The second kappa shape index (κ2) is 9.87. The van der Waals surface area contributed by atoms with Crippen LogP contribution in [0, 0.1) is 23.2 Å². The van der Waals surface area contributed by atoms with Crippen molar-refractivity contribution >= 4 is 0 Å². The lowest BCUT2D eigenvalue weighted by molar-refractivity contribution is -0.310. The highest BCUT2D eigenvalue weighted by atomic mass is 19.4. The van der Waals surface area contributed by atoms with E-state index in [0.717, 1.165) is 25.5 Å². The Morgan fingerprint density at radius 1 is 1.15 bits per heavy atom. The molecule has 0 bridgehead atoms. The predicted octanol–water partition coefficient (Wildman–Crippen LogP) is 5.25. The zero-order valence-electron chi connectivity index (χ0n) is 20.9. The normalized spacial score (nSPS) is 38.5. The summed E-state index contributed by atoms with van der Waals surface area (Å²) in [5, 5.41) is 20.0. The van der Waals surface area contributed by atoms with Crippen molar-refractivity contribution in [3.63, 3.8) is 0 Å². The molecule has 0 radical (unpaired) electrons. The van der Waals surface area contributed by atoms with Gasteiger partial charge in [0, 0.05) is 20.2 Å². The number of rotatable bonds is 6. The van der Waals surface area contributed by atoms with Crippen molar-refractivity contribution in [3.8, 4) is 0 Å². The van der Waals surface area contributed by atoms with Crippen LogP contribution >= 0.6 is 0 Å². The third-order valence-electron chi connectivity index (χ3n) is 9.56. The van der Waals surface area contributed by atoms with E-state index in [2.05, 4.69) is 26.0 Å². The standard InChI is InChI=1S/C27H42F3NO3/c1-18(10-12-31-16-26(17-31,34-3)27(28,29)30)23-8-9-24-20(5-4-11-25(23,24)2)7-6-19-13-21(32)15-22(33)14-19/h6-7,18,21-24,32-33H,4-5,8-17H2,1-3H3/t18?,21-,22-,23-,24+,25-/m1/s1. The number of fused-ring (bicyclic) bond motifs is 1. The summed E-state index contributed by atoms with van der Waals surface area (Å²) in [6.07, 6.45) is 7.75. The Morgan fingerprint density at radius 2 is 1.82 bits per heavy atom. The van der Waals surface area contributed by atoms with Gasteiger partial charge in [-0.05, 0) is 87.5 Å². The van der Waals surface area contributed by atoms with E-state index < -0.39 is 24.0 Å². The molecule has 0 aromatic heterocycles. The van der Waals surface area contributed by atoms with E-state index in [1.54, 1.807) is 0 Å². The lowest BCUT2D eigenvalue weighted by Gasteiger charge is -2.50. The fourth-order valence-electron chi connectivity index (χ4n) is 7.59. The second-order valence-corrected chi connectivity index (χ2v) is 11.8. The number of aliphatic hydroxyl groups excluding tert-OH is 2. The van der Waals surface area contributed by atoms with Gasteiger partial charge in [0.15, 0.2) is 5.60 Å². The smallest absolute Gasteiger partial charge is 0.393 e. The number of likely N-dealkylation sites (tertiary alicyclic amines) is 1. The highest BCUT2D eigenvalue weighted by Crippen LogP contribution is 2.59. The van der Waals surface area contributed by atoms with Crippen LogP contribution in [0.5, 0.6) is 0 Å². The maximum absolute atomic E-state index is 13.3. The van der Waals surface area contributed by atoms with Crippen molar-refractivity contribution in [2.75, 3.05) is 26.7 Å². The Kier molecular flexibility index (Phi) is 7.60. The first-order valence-corrected chi connectivity index (χ1v) is 13.1. The molecule has 1 heterocycles. The van der Waals surface area contributed by atoms with E-state index in [1.165, 1.54) is 31.3 Å². The molecule has 0 aromatic rings. The average Bonchev–Trinajstić information content (AvgIpc) is 3.07. The zero-order chi connectivity index (χ0) is 24.7. The van der Waals surface area contributed by atoms with Crippen LogP contribution in [0.3, 0.4) is 0 Å². The van der Waals surface area contributed by atoms with Crippen LogP contribution in [0.15, 0.2) is 23.3 Å². The molecule has 3 aliphatic carbocycles. The molecule has 34 heavy (non-hydrogen) atoms. The highest BCUT2D eigenvalue weighted by Gasteiger charge is 2.62. The Labute approximate surface area is 202 Å². The molecule has 3 saturated carbocycles. The van der Waals surface area contributed by atoms with Gasteiger partial charge in [-0.1, -0.05) is 37.1 Å². The molecule has 6 atom stereocenters. The molecular formula is C27H42F3NO3. The van der Waals surface area contributed by atoms with Gasteiger partial charge in [-0.3, -0.25) is 4.90 Å². The maximum Gasteiger partial charge on any atom is 0.419 e. The SMILES string of the molecule is COC1(C(F)(F)F)CN(CCC(C)[C@H]2CC[C@H]3C(=CC=C4C[C@@H](O)C[C@H](O)C4)CCC[C@]23C)C1. The fraction of sp³-hybridized carbons (Fsp3) is 0.852. The van der Waals surface area contributed by atoms with Crippen molar-refractivity contribution < 1.29 is 28.1 Å². The first-order valence-electron chi connectivity index (χ1n) is 13.1. The summed E-state index contributed by atoms with van der Waals surface area (Å²) in [6, 6.07) is 0. The molecule has 4 aliphatic rings. The van der Waals surface area contributed by atoms with Crippen LogP contribution in [0.4, 0.5) is 13.2 Å². The molecule has 4 fully saturated rings. The Balaban J connectivity index is 1.35. The molecule has 1 aliphatic heterocycles. The lowest BCUT2D eigenvalue weighted by Crippen LogP contribution is -2.70. The summed E-state index contributed by atoms with van der Waals surface area (Å²) < 4.78 is 44.7. The second-order valence-electron chi connectivity index (χ2n) is 11.8. The minimum Gasteiger partial charge on any atom is -0.393 e. The first kappa shape index (κ1) is 26.2. The number of halogens is 3. The van der Waals surface area contributed by atoms with Gasteiger partial charge >= 0.3 is 6.18 Å². The minimum atomic E-state index is -4.32. The van der Waals surface area contributed by atoms with Crippen LogP contribution in [0.2, 0.25) is 0 Å². The summed E-state index contributed by atoms with van der Waals surface area (Å²) in [5.74, 6) is 1.61. The van der Waals surface area contributed by atoms with Crippen LogP contribution in [0.25, 0.3) is 0 Å². The summed E-state index contributed by atoms with van der Waals surface area (Å²) in [5.41, 5.74) is 0.894. The highest BCUT2D eigenvalue weighted by molar-refractivity contribution is 5.26. The number of nitrogens with zero attached hydrogens (tertiary/aromatic N) is 1. The summed E-state index contributed by atoms with van der Waals surface area (Å²) >= 11 is 0. The van der Waals surface area contributed by atoms with Crippen LogP contribution in [-0.2, 0) is 4.74 Å². The molecular weight excluding hydrogens is 443 g/mol. The van der Waals surface area contributed by atoms with Gasteiger partial charge in [-0.25, -0.2) is 0 Å². The third-order valence-corrected chi connectivity index (χ3v) is 9.56. The molecule has 4 nitrogen and oxygen atoms in total. The summed E-state index contributed by atoms with van der Waals surface area (Å²) in [4.78, 5) is 1.88. The number of allylic oxidation sites excluding steroid dienone is 3. The quantitative estimate of drug-likeness (QED) is 0.540. The molecule has 0 aromatic carbocycles. The Morgan fingerprint density at radius 3 is 2.44 bits per heavy atom. The van der Waals surface area contributed by atoms with Gasteiger partial charge in [0.25, 0.3) is 0 Å². The number of hydrogen-bond donors (Lipinski definition) is 2. The fourth-order valence-corrected chi connectivity index (χ4v) is 7.59. The molecule has 1 unspecified atom stereocenters. The largest absolute Gasteiger partial charge is 0.419 e. The number of alkyl halides is 3. The lowest BCUT2D eigenvalue weighted by atomic mass is 9.61. The van der Waals surface area contributed by atoms with Crippen molar-refractivity contribution in [1.82, 2.24) is 4.90 Å². The molecule has 0 amide bonds. The molecule has 4 rings (SSSR count). The topological polar surface area (TPSA) is 52.9 Å². The van der Waals surface area contributed by atoms with Crippen molar-refractivity contribution in [3.05, 3.63) is 23.3 Å². The Hall–Kier alpha value is -0.890. The molecule has 1 saturated heterocycles. The van der Waals surface area contributed by atoms with Crippen molar-refractivity contribution in [2.45, 2.75) is 95.6 Å². The van der Waals surface area contributed by atoms with Crippen molar-refractivity contribution in [1.29, 1.82) is 0 Å². The van der Waals surface area contributed by atoms with Gasteiger partial charge < -0.3 is 14.9 Å². The van der Waals surface area contributed by atoms with Gasteiger partial charge in [0.05, 0.1) is 12.2 Å². The Bertz CT molecular complexity index is 776. The van der Waals surface area contributed by atoms with E-state index >= 15 is 0 Å². The van der Waals surface area contributed by atoms with E-state index in [4.69, 9.17) is 4.74 Å². The monoisotopic (exact) mass is 485 g/mol. The number of ether oxygens (including phenoxy) is 1. The molecule has 0 spiro atoms.